The lowest BCUT2D eigenvalue weighted by atomic mass is 10.1. The van der Waals surface area contributed by atoms with Gasteiger partial charge < -0.3 is 14.6 Å². The first-order valence-electron chi connectivity index (χ1n) is 6.18. The molecule has 0 heterocycles. The SMILES string of the molecule is COC(=O)[C@@H]1CC[C@@H](Oc2ccc(C(=O)O)cc2)C1. The maximum Gasteiger partial charge on any atom is 0.335 e. The molecule has 1 aromatic carbocycles. The molecule has 0 radical (unpaired) electrons. The fourth-order valence-corrected chi connectivity index (χ4v) is 2.30. The fraction of sp³-hybridized carbons (Fsp3) is 0.429. The highest BCUT2D eigenvalue weighted by molar-refractivity contribution is 5.87. The zero-order valence-electron chi connectivity index (χ0n) is 10.7. The van der Waals surface area contributed by atoms with E-state index in [2.05, 4.69) is 0 Å². The molecule has 102 valence electrons. The molecule has 0 saturated heterocycles. The molecule has 2 atom stereocenters. The standard InChI is InChI=1S/C14H16O5/c1-18-14(17)10-4-7-12(8-10)19-11-5-2-9(3-6-11)13(15)16/h2-3,5-6,10,12H,4,7-8H2,1H3,(H,15,16)/t10-,12-/m1/s1. The third-order valence-corrected chi connectivity index (χ3v) is 3.32. The first-order chi connectivity index (χ1) is 9.10. The van der Waals surface area contributed by atoms with Gasteiger partial charge in [0.25, 0.3) is 0 Å². The van der Waals surface area contributed by atoms with Gasteiger partial charge in [0.1, 0.15) is 5.75 Å². The van der Waals surface area contributed by atoms with E-state index in [-0.39, 0.29) is 23.6 Å². The molecule has 19 heavy (non-hydrogen) atoms. The van der Waals surface area contributed by atoms with Crippen LogP contribution in [0, 0.1) is 5.92 Å². The van der Waals surface area contributed by atoms with E-state index in [9.17, 15) is 9.59 Å². The number of benzene rings is 1. The van der Waals surface area contributed by atoms with Crippen molar-refractivity contribution in [2.24, 2.45) is 5.92 Å². The molecule has 0 amide bonds. The van der Waals surface area contributed by atoms with Crippen LogP contribution in [0.3, 0.4) is 0 Å². The van der Waals surface area contributed by atoms with Crippen LogP contribution in [0.15, 0.2) is 24.3 Å². The molecule has 1 saturated carbocycles. The number of ether oxygens (including phenoxy) is 2. The van der Waals surface area contributed by atoms with Crippen molar-refractivity contribution in [2.75, 3.05) is 7.11 Å². The van der Waals surface area contributed by atoms with Gasteiger partial charge in [0.15, 0.2) is 0 Å². The van der Waals surface area contributed by atoms with Gasteiger partial charge in [0, 0.05) is 0 Å². The molecule has 5 nitrogen and oxygen atoms in total. The Kier molecular flexibility index (Phi) is 4.04. The van der Waals surface area contributed by atoms with E-state index in [1.54, 1.807) is 12.1 Å². The monoisotopic (exact) mass is 264 g/mol. The Hall–Kier alpha value is -2.04. The Morgan fingerprint density at radius 3 is 2.47 bits per heavy atom. The smallest absolute Gasteiger partial charge is 0.335 e. The van der Waals surface area contributed by atoms with Crippen molar-refractivity contribution in [1.29, 1.82) is 0 Å². The van der Waals surface area contributed by atoms with E-state index in [4.69, 9.17) is 14.6 Å². The van der Waals surface area contributed by atoms with Crippen molar-refractivity contribution >= 4 is 11.9 Å². The molecule has 2 rings (SSSR count). The molecule has 0 aliphatic heterocycles. The number of carboxylic acids is 1. The van der Waals surface area contributed by atoms with E-state index in [0.717, 1.165) is 12.8 Å². The van der Waals surface area contributed by atoms with E-state index in [0.29, 0.717) is 12.2 Å². The Morgan fingerprint density at radius 2 is 1.89 bits per heavy atom. The van der Waals surface area contributed by atoms with Gasteiger partial charge in [0.05, 0.1) is 24.7 Å². The zero-order chi connectivity index (χ0) is 13.8. The summed E-state index contributed by atoms with van der Waals surface area (Å²) < 4.78 is 10.4. The van der Waals surface area contributed by atoms with Crippen LogP contribution in [0.2, 0.25) is 0 Å². The Morgan fingerprint density at radius 1 is 1.21 bits per heavy atom. The number of carbonyl (C=O) groups is 2. The normalized spacial score (nSPS) is 21.9. The third kappa shape index (κ3) is 3.24. The van der Waals surface area contributed by atoms with Crippen LogP contribution in [0.1, 0.15) is 29.6 Å². The molecule has 1 fully saturated rings. The molecule has 0 unspecified atom stereocenters. The first kappa shape index (κ1) is 13.4. The minimum atomic E-state index is -0.960. The largest absolute Gasteiger partial charge is 0.490 e. The van der Waals surface area contributed by atoms with Crippen LogP contribution >= 0.6 is 0 Å². The lowest BCUT2D eigenvalue weighted by molar-refractivity contribution is -0.145. The summed E-state index contributed by atoms with van der Waals surface area (Å²) in [6.07, 6.45) is 2.21. The highest BCUT2D eigenvalue weighted by atomic mass is 16.5. The van der Waals surface area contributed by atoms with Crippen LogP contribution in [-0.4, -0.2) is 30.3 Å². The Bertz CT molecular complexity index is 465. The molecule has 5 heteroatoms. The number of aromatic carboxylic acids is 1. The number of carboxylic acid groups (broad SMARTS) is 1. The summed E-state index contributed by atoms with van der Waals surface area (Å²) >= 11 is 0. The summed E-state index contributed by atoms with van der Waals surface area (Å²) in [6, 6.07) is 6.28. The number of rotatable bonds is 4. The number of hydrogen-bond acceptors (Lipinski definition) is 4. The van der Waals surface area contributed by atoms with Gasteiger partial charge >= 0.3 is 11.9 Å². The predicted octanol–water partition coefficient (Wildman–Crippen LogP) is 2.11. The van der Waals surface area contributed by atoms with Crippen molar-refractivity contribution in [2.45, 2.75) is 25.4 Å². The molecule has 0 spiro atoms. The molecular weight excluding hydrogens is 248 g/mol. The number of hydrogen-bond donors (Lipinski definition) is 1. The van der Waals surface area contributed by atoms with Gasteiger partial charge in [-0.3, -0.25) is 4.79 Å². The highest BCUT2D eigenvalue weighted by Crippen LogP contribution is 2.30. The van der Waals surface area contributed by atoms with E-state index in [1.165, 1.54) is 19.2 Å². The van der Waals surface area contributed by atoms with Crippen LogP contribution in [0.4, 0.5) is 0 Å². The molecule has 1 aromatic rings. The number of carbonyl (C=O) groups excluding carboxylic acids is 1. The zero-order valence-corrected chi connectivity index (χ0v) is 10.7. The summed E-state index contributed by atoms with van der Waals surface area (Å²) in [5.74, 6) is -0.612. The van der Waals surface area contributed by atoms with Crippen molar-refractivity contribution in [3.05, 3.63) is 29.8 Å². The van der Waals surface area contributed by atoms with Crippen LogP contribution in [0.5, 0.6) is 5.75 Å². The topological polar surface area (TPSA) is 72.8 Å². The maximum absolute atomic E-state index is 11.4. The van der Waals surface area contributed by atoms with Gasteiger partial charge in [-0.15, -0.1) is 0 Å². The van der Waals surface area contributed by atoms with Gasteiger partial charge in [-0.1, -0.05) is 0 Å². The minimum Gasteiger partial charge on any atom is -0.490 e. The second-order valence-electron chi connectivity index (χ2n) is 4.60. The molecule has 0 bridgehead atoms. The van der Waals surface area contributed by atoms with Crippen molar-refractivity contribution < 1.29 is 24.2 Å². The van der Waals surface area contributed by atoms with Crippen LogP contribution in [-0.2, 0) is 9.53 Å². The number of methoxy groups -OCH3 is 1. The highest BCUT2D eigenvalue weighted by Gasteiger charge is 2.31. The van der Waals surface area contributed by atoms with Crippen molar-refractivity contribution in [1.82, 2.24) is 0 Å². The quantitative estimate of drug-likeness (QED) is 0.843. The summed E-state index contributed by atoms with van der Waals surface area (Å²) in [4.78, 5) is 22.1. The predicted molar refractivity (Wildman–Crippen MR) is 67.2 cm³/mol. The van der Waals surface area contributed by atoms with E-state index < -0.39 is 5.97 Å². The summed E-state index contributed by atoms with van der Waals surface area (Å²) in [5.41, 5.74) is 0.228. The molecule has 1 aliphatic rings. The maximum atomic E-state index is 11.4. The van der Waals surface area contributed by atoms with Gasteiger partial charge in [0.2, 0.25) is 0 Å². The fourth-order valence-electron chi connectivity index (χ4n) is 2.30. The van der Waals surface area contributed by atoms with Gasteiger partial charge in [-0.2, -0.15) is 0 Å². The Balaban J connectivity index is 1.92. The summed E-state index contributed by atoms with van der Waals surface area (Å²) in [6.45, 7) is 0. The van der Waals surface area contributed by atoms with Crippen molar-refractivity contribution in [3.8, 4) is 5.75 Å². The lowest BCUT2D eigenvalue weighted by Gasteiger charge is -2.13. The average molecular weight is 264 g/mol. The minimum absolute atomic E-state index is 0.0141. The van der Waals surface area contributed by atoms with E-state index in [1.807, 2.05) is 0 Å². The van der Waals surface area contributed by atoms with E-state index >= 15 is 0 Å². The Labute approximate surface area is 111 Å². The van der Waals surface area contributed by atoms with Gasteiger partial charge in [-0.25, -0.2) is 4.79 Å². The second-order valence-corrected chi connectivity index (χ2v) is 4.60. The van der Waals surface area contributed by atoms with Crippen LogP contribution in [0.25, 0.3) is 0 Å². The van der Waals surface area contributed by atoms with Gasteiger partial charge in [-0.05, 0) is 43.5 Å². The lowest BCUT2D eigenvalue weighted by Crippen LogP contribution is -2.17. The first-order valence-corrected chi connectivity index (χ1v) is 6.18. The summed E-state index contributed by atoms with van der Waals surface area (Å²) in [5, 5.41) is 8.79. The molecule has 1 aliphatic carbocycles. The summed E-state index contributed by atoms with van der Waals surface area (Å²) in [7, 11) is 1.39. The third-order valence-electron chi connectivity index (χ3n) is 3.32. The van der Waals surface area contributed by atoms with Crippen LogP contribution < -0.4 is 4.74 Å². The molecule has 0 aromatic heterocycles. The average Bonchev–Trinajstić information content (AvgIpc) is 2.87. The number of esters is 1. The molecule has 1 N–H and O–H groups in total. The second kappa shape index (κ2) is 5.73. The van der Waals surface area contributed by atoms with Crippen molar-refractivity contribution in [3.63, 3.8) is 0 Å². The molecular formula is C14H16O5.